The Bertz CT molecular complexity index is 1190. The van der Waals surface area contributed by atoms with E-state index in [2.05, 4.69) is 0 Å². The number of piperidine rings is 1. The molecule has 3 saturated heterocycles. The lowest BCUT2D eigenvalue weighted by Crippen LogP contribution is -2.82. The standard InChI is InChI=1S/C27H35N3O7/c1-14(2)11-20(31)29-18-12-15(37-5)8-9-16(18)21-22(29)19(13-26(3,4)35)30-24(33)17-7-6-10-28(17)25(34)27(30,36)23(21)32/h8-9,11-12,17,19,21-23,32,35-36H,6-7,10,13H2,1-5H3/t17-,19-,21?,22?,23-,27+/m0/s1. The van der Waals surface area contributed by atoms with Crippen LogP contribution in [0.1, 0.15) is 58.4 Å². The lowest BCUT2D eigenvalue weighted by Gasteiger charge is -2.59. The van der Waals surface area contributed by atoms with Gasteiger partial charge in [-0.25, -0.2) is 0 Å². The molecule has 0 bridgehead atoms. The van der Waals surface area contributed by atoms with Crippen molar-refractivity contribution in [1.82, 2.24) is 9.80 Å². The number of fused-ring (bicyclic) bond motifs is 5. The first kappa shape index (κ1) is 25.7. The Kier molecular flexibility index (Phi) is 5.93. The highest BCUT2D eigenvalue weighted by Gasteiger charge is 2.71. The van der Waals surface area contributed by atoms with Crippen LogP contribution in [0.4, 0.5) is 5.69 Å². The van der Waals surface area contributed by atoms with E-state index in [-0.39, 0.29) is 12.3 Å². The number of piperazine rings is 1. The third kappa shape index (κ3) is 3.68. The van der Waals surface area contributed by atoms with E-state index in [1.54, 1.807) is 45.9 Å². The topological polar surface area (TPSA) is 131 Å². The summed E-state index contributed by atoms with van der Waals surface area (Å²) in [5.41, 5.74) is -2.05. The van der Waals surface area contributed by atoms with Gasteiger partial charge in [-0.05, 0) is 58.6 Å². The van der Waals surface area contributed by atoms with Crippen LogP contribution in [0, 0.1) is 0 Å². The number of anilines is 1. The molecule has 5 rings (SSSR count). The van der Waals surface area contributed by atoms with Crippen molar-refractivity contribution in [2.24, 2.45) is 0 Å². The number of aliphatic hydroxyl groups excluding tert-OH is 1. The molecule has 6 atom stereocenters. The molecule has 10 nitrogen and oxygen atoms in total. The predicted molar refractivity (Wildman–Crippen MR) is 134 cm³/mol. The number of nitrogens with zero attached hydrogens (tertiary/aromatic N) is 3. The minimum Gasteiger partial charge on any atom is -0.497 e. The van der Waals surface area contributed by atoms with Gasteiger partial charge in [0, 0.05) is 24.6 Å². The molecular formula is C27H35N3O7. The summed E-state index contributed by atoms with van der Waals surface area (Å²) in [7, 11) is 1.51. The molecule has 0 saturated carbocycles. The Hall–Kier alpha value is -2.95. The van der Waals surface area contributed by atoms with Gasteiger partial charge in [-0.3, -0.25) is 19.3 Å². The minimum absolute atomic E-state index is 0.0291. The first-order chi connectivity index (χ1) is 17.3. The van der Waals surface area contributed by atoms with Gasteiger partial charge >= 0.3 is 0 Å². The zero-order chi connectivity index (χ0) is 27.0. The molecule has 2 unspecified atom stereocenters. The number of aliphatic hydroxyl groups is 3. The van der Waals surface area contributed by atoms with Gasteiger partial charge in [0.15, 0.2) is 0 Å². The summed E-state index contributed by atoms with van der Waals surface area (Å²) in [6, 6.07) is 2.57. The van der Waals surface area contributed by atoms with Gasteiger partial charge in [-0.15, -0.1) is 0 Å². The molecule has 3 amide bonds. The van der Waals surface area contributed by atoms with Gasteiger partial charge in [0.1, 0.15) is 17.9 Å². The lowest BCUT2D eigenvalue weighted by atomic mass is 9.71. The highest BCUT2D eigenvalue weighted by Crippen LogP contribution is 2.55. The molecule has 1 aromatic rings. The fourth-order valence-corrected chi connectivity index (χ4v) is 6.72. The number of carbonyl (C=O) groups excluding carboxylic acids is 3. The van der Waals surface area contributed by atoms with Crippen molar-refractivity contribution in [3.63, 3.8) is 0 Å². The summed E-state index contributed by atoms with van der Waals surface area (Å²) in [4.78, 5) is 45.3. The second-order valence-corrected chi connectivity index (χ2v) is 11.5. The zero-order valence-corrected chi connectivity index (χ0v) is 21.8. The molecule has 0 radical (unpaired) electrons. The average molecular weight is 514 g/mol. The molecule has 200 valence electrons. The fraction of sp³-hybridized carbons (Fsp3) is 0.593. The minimum atomic E-state index is -2.53. The Balaban J connectivity index is 1.76. The number of hydrogen-bond acceptors (Lipinski definition) is 7. The monoisotopic (exact) mass is 513 g/mol. The SMILES string of the molecule is COc1ccc2c(c1)N(C(=O)C=C(C)C)C1C2[C@H](O)[C@@]2(O)C(=O)N3CCC[C@H]3C(=O)N2[C@H]1CC(C)(C)O. The maximum atomic E-state index is 13.9. The van der Waals surface area contributed by atoms with E-state index in [1.165, 1.54) is 23.0 Å². The highest BCUT2D eigenvalue weighted by molar-refractivity contribution is 6.06. The summed E-state index contributed by atoms with van der Waals surface area (Å²) >= 11 is 0. The van der Waals surface area contributed by atoms with Gasteiger partial charge < -0.3 is 29.9 Å². The smallest absolute Gasteiger partial charge is 0.279 e. The van der Waals surface area contributed by atoms with Gasteiger partial charge in [0.05, 0.1) is 30.5 Å². The van der Waals surface area contributed by atoms with Crippen molar-refractivity contribution < 1.29 is 34.4 Å². The van der Waals surface area contributed by atoms with Crippen LogP contribution in [-0.4, -0.2) is 92.1 Å². The summed E-state index contributed by atoms with van der Waals surface area (Å²) in [5.74, 6) is -1.95. The summed E-state index contributed by atoms with van der Waals surface area (Å²) in [6.07, 6.45) is 0.804. The largest absolute Gasteiger partial charge is 0.497 e. The molecule has 3 N–H and O–H groups in total. The van der Waals surface area contributed by atoms with E-state index in [4.69, 9.17) is 4.74 Å². The van der Waals surface area contributed by atoms with Crippen LogP contribution in [0.15, 0.2) is 29.8 Å². The number of ether oxygens (including phenoxy) is 1. The quantitative estimate of drug-likeness (QED) is 0.510. The molecule has 4 aliphatic heterocycles. The summed E-state index contributed by atoms with van der Waals surface area (Å²) in [6.45, 7) is 7.07. The highest BCUT2D eigenvalue weighted by atomic mass is 16.5. The van der Waals surface area contributed by atoms with Crippen LogP contribution in [0.25, 0.3) is 0 Å². The van der Waals surface area contributed by atoms with Crippen LogP contribution in [0.2, 0.25) is 0 Å². The van der Waals surface area contributed by atoms with Crippen LogP contribution in [-0.2, 0) is 14.4 Å². The van der Waals surface area contributed by atoms with E-state index < -0.39 is 53.3 Å². The van der Waals surface area contributed by atoms with Crippen molar-refractivity contribution in [3.05, 3.63) is 35.4 Å². The van der Waals surface area contributed by atoms with Gasteiger partial charge in [0.25, 0.3) is 11.8 Å². The van der Waals surface area contributed by atoms with Crippen molar-refractivity contribution >= 4 is 23.4 Å². The molecule has 0 aliphatic carbocycles. The summed E-state index contributed by atoms with van der Waals surface area (Å²) < 4.78 is 5.40. The van der Waals surface area contributed by atoms with E-state index in [9.17, 15) is 29.7 Å². The predicted octanol–water partition coefficient (Wildman–Crippen LogP) is 0.886. The Morgan fingerprint density at radius 3 is 2.59 bits per heavy atom. The number of allylic oxidation sites excluding steroid dienone is 1. The third-order valence-corrected chi connectivity index (χ3v) is 8.08. The third-order valence-electron chi connectivity index (χ3n) is 8.08. The Morgan fingerprint density at radius 2 is 1.97 bits per heavy atom. The van der Waals surface area contributed by atoms with Crippen LogP contribution in [0.5, 0.6) is 5.75 Å². The second-order valence-electron chi connectivity index (χ2n) is 11.5. The Labute approximate surface area is 216 Å². The molecule has 4 heterocycles. The second kappa shape index (κ2) is 8.54. The maximum absolute atomic E-state index is 13.9. The number of benzene rings is 1. The molecule has 10 heteroatoms. The van der Waals surface area contributed by atoms with E-state index in [1.807, 2.05) is 0 Å². The first-order valence-corrected chi connectivity index (χ1v) is 12.7. The van der Waals surface area contributed by atoms with Crippen molar-refractivity contribution in [3.8, 4) is 5.75 Å². The lowest BCUT2D eigenvalue weighted by molar-refractivity contribution is -0.245. The normalized spacial score (nSPS) is 32.5. The molecule has 3 fully saturated rings. The van der Waals surface area contributed by atoms with Crippen LogP contribution < -0.4 is 9.64 Å². The fourth-order valence-electron chi connectivity index (χ4n) is 6.72. The number of rotatable bonds is 4. The van der Waals surface area contributed by atoms with Crippen LogP contribution >= 0.6 is 0 Å². The Morgan fingerprint density at radius 1 is 1.27 bits per heavy atom. The molecule has 1 aromatic carbocycles. The molecule has 4 aliphatic rings. The van der Waals surface area contributed by atoms with Crippen molar-refractivity contribution in [1.29, 1.82) is 0 Å². The zero-order valence-electron chi connectivity index (χ0n) is 21.8. The molecule has 37 heavy (non-hydrogen) atoms. The first-order valence-electron chi connectivity index (χ1n) is 12.7. The van der Waals surface area contributed by atoms with E-state index in [0.29, 0.717) is 36.4 Å². The number of hydrogen-bond donors (Lipinski definition) is 3. The van der Waals surface area contributed by atoms with Crippen molar-refractivity contribution in [2.75, 3.05) is 18.6 Å². The van der Waals surface area contributed by atoms with Gasteiger partial charge in [-0.2, -0.15) is 0 Å². The number of methoxy groups -OCH3 is 1. The average Bonchev–Trinajstić information content (AvgIpc) is 3.42. The van der Waals surface area contributed by atoms with E-state index in [0.717, 1.165) is 10.5 Å². The van der Waals surface area contributed by atoms with E-state index >= 15 is 0 Å². The van der Waals surface area contributed by atoms with Gasteiger partial charge in [-0.1, -0.05) is 11.6 Å². The molecule has 0 aromatic heterocycles. The molecule has 0 spiro atoms. The van der Waals surface area contributed by atoms with Crippen LogP contribution in [0.3, 0.4) is 0 Å². The van der Waals surface area contributed by atoms with Crippen molar-refractivity contribution in [2.45, 2.75) is 88.4 Å². The number of carbonyl (C=O) groups is 3. The number of amides is 3. The maximum Gasteiger partial charge on any atom is 0.279 e. The summed E-state index contributed by atoms with van der Waals surface area (Å²) in [5, 5.41) is 34.7. The van der Waals surface area contributed by atoms with Gasteiger partial charge in [0.2, 0.25) is 11.6 Å². The molecular weight excluding hydrogens is 478 g/mol.